The average Bonchev–Trinajstić information content (AvgIpc) is 2.73. The number of thiazole rings is 1. The molecule has 106 valence electrons. The van der Waals surface area contributed by atoms with Crippen LogP contribution in [-0.4, -0.2) is 29.1 Å². The molecular weight excluding hydrogens is 260 g/mol. The van der Waals surface area contributed by atoms with Crippen molar-refractivity contribution in [3.63, 3.8) is 0 Å². The Bertz CT molecular complexity index is 458. The second-order valence-electron chi connectivity index (χ2n) is 5.98. The van der Waals surface area contributed by atoms with Crippen molar-refractivity contribution < 1.29 is 9.90 Å². The van der Waals surface area contributed by atoms with E-state index in [1.807, 2.05) is 6.92 Å². The van der Waals surface area contributed by atoms with Crippen molar-refractivity contribution in [2.75, 3.05) is 18.0 Å². The summed E-state index contributed by atoms with van der Waals surface area (Å²) in [6.07, 6.45) is 3.95. The van der Waals surface area contributed by atoms with Crippen LogP contribution in [-0.2, 0) is 6.42 Å². The summed E-state index contributed by atoms with van der Waals surface area (Å²) in [5.74, 6) is -0.843. The minimum Gasteiger partial charge on any atom is -0.477 e. The van der Waals surface area contributed by atoms with Crippen molar-refractivity contribution in [2.24, 2.45) is 5.41 Å². The van der Waals surface area contributed by atoms with Crippen LogP contribution in [0.1, 0.15) is 55.4 Å². The molecule has 0 aromatic carbocycles. The Hall–Kier alpha value is -1.10. The highest BCUT2D eigenvalue weighted by molar-refractivity contribution is 7.17. The first-order valence-corrected chi connectivity index (χ1v) is 7.72. The van der Waals surface area contributed by atoms with Gasteiger partial charge in [-0.3, -0.25) is 0 Å². The van der Waals surface area contributed by atoms with Gasteiger partial charge in [0.25, 0.3) is 0 Å². The number of carboxylic acids is 1. The van der Waals surface area contributed by atoms with E-state index in [0.29, 0.717) is 10.3 Å². The number of piperidine rings is 1. The van der Waals surface area contributed by atoms with Crippen molar-refractivity contribution in [3.05, 3.63) is 10.6 Å². The van der Waals surface area contributed by atoms with E-state index in [4.69, 9.17) is 0 Å². The summed E-state index contributed by atoms with van der Waals surface area (Å²) in [6, 6.07) is 0. The molecule has 0 radical (unpaired) electrons. The summed E-state index contributed by atoms with van der Waals surface area (Å²) < 4.78 is 0. The molecule has 1 fully saturated rings. The zero-order chi connectivity index (χ0) is 14.0. The molecule has 5 heteroatoms. The van der Waals surface area contributed by atoms with Crippen LogP contribution in [0.4, 0.5) is 5.13 Å². The molecule has 1 aromatic rings. The molecule has 2 heterocycles. The fraction of sp³-hybridized carbons (Fsp3) is 0.714. The van der Waals surface area contributed by atoms with Crippen molar-refractivity contribution in [2.45, 2.75) is 46.5 Å². The highest BCUT2D eigenvalue weighted by Gasteiger charge is 2.28. The molecule has 1 N–H and O–H groups in total. The van der Waals surface area contributed by atoms with Crippen LogP contribution in [0.3, 0.4) is 0 Å². The Morgan fingerprint density at radius 1 is 1.42 bits per heavy atom. The van der Waals surface area contributed by atoms with E-state index >= 15 is 0 Å². The number of anilines is 1. The van der Waals surface area contributed by atoms with Gasteiger partial charge in [0.1, 0.15) is 4.88 Å². The first-order valence-electron chi connectivity index (χ1n) is 6.91. The van der Waals surface area contributed by atoms with Crippen LogP contribution in [0, 0.1) is 5.41 Å². The third kappa shape index (κ3) is 3.26. The number of hydrogen-bond acceptors (Lipinski definition) is 4. The van der Waals surface area contributed by atoms with E-state index in [2.05, 4.69) is 23.7 Å². The quantitative estimate of drug-likeness (QED) is 0.919. The van der Waals surface area contributed by atoms with E-state index in [0.717, 1.165) is 49.6 Å². The van der Waals surface area contributed by atoms with Crippen LogP contribution in [0.25, 0.3) is 0 Å². The van der Waals surface area contributed by atoms with Gasteiger partial charge in [-0.15, -0.1) is 0 Å². The van der Waals surface area contributed by atoms with E-state index in [-0.39, 0.29) is 0 Å². The summed E-state index contributed by atoms with van der Waals surface area (Å²) in [5, 5.41) is 10.1. The summed E-state index contributed by atoms with van der Waals surface area (Å²) in [4.78, 5) is 18.5. The van der Waals surface area contributed by atoms with E-state index in [1.54, 1.807) is 0 Å². The van der Waals surface area contributed by atoms with E-state index < -0.39 is 5.97 Å². The minimum atomic E-state index is -0.843. The van der Waals surface area contributed by atoms with Gasteiger partial charge in [0.15, 0.2) is 5.13 Å². The second kappa shape index (κ2) is 5.49. The van der Waals surface area contributed by atoms with Crippen LogP contribution in [0.2, 0.25) is 0 Å². The van der Waals surface area contributed by atoms with Gasteiger partial charge >= 0.3 is 5.97 Å². The van der Waals surface area contributed by atoms with Gasteiger partial charge in [-0.2, -0.15) is 0 Å². The number of hydrogen-bond donors (Lipinski definition) is 1. The predicted molar refractivity (Wildman–Crippen MR) is 78.3 cm³/mol. The molecule has 0 spiro atoms. The summed E-state index contributed by atoms with van der Waals surface area (Å²) in [6.45, 7) is 8.58. The number of rotatable bonds is 4. The highest BCUT2D eigenvalue weighted by atomic mass is 32.1. The maximum atomic E-state index is 11.2. The maximum Gasteiger partial charge on any atom is 0.347 e. The Labute approximate surface area is 118 Å². The van der Waals surface area contributed by atoms with E-state index in [9.17, 15) is 9.90 Å². The van der Waals surface area contributed by atoms with Crippen molar-refractivity contribution in [1.82, 2.24) is 4.98 Å². The first kappa shape index (κ1) is 14.3. The fourth-order valence-electron chi connectivity index (χ4n) is 2.35. The summed E-state index contributed by atoms with van der Waals surface area (Å²) in [7, 11) is 0. The van der Waals surface area contributed by atoms with Crippen molar-refractivity contribution in [1.29, 1.82) is 0 Å². The number of carbonyl (C=O) groups is 1. The number of aryl methyl sites for hydroxylation is 1. The van der Waals surface area contributed by atoms with Gasteiger partial charge < -0.3 is 10.0 Å². The van der Waals surface area contributed by atoms with Crippen LogP contribution < -0.4 is 4.90 Å². The van der Waals surface area contributed by atoms with Crippen molar-refractivity contribution >= 4 is 22.4 Å². The van der Waals surface area contributed by atoms with Gasteiger partial charge in [-0.1, -0.05) is 38.5 Å². The monoisotopic (exact) mass is 282 g/mol. The molecule has 1 aliphatic rings. The van der Waals surface area contributed by atoms with Gasteiger partial charge in [0, 0.05) is 13.1 Å². The lowest BCUT2D eigenvalue weighted by atomic mass is 9.83. The molecule has 4 nitrogen and oxygen atoms in total. The lowest BCUT2D eigenvalue weighted by Crippen LogP contribution is -2.37. The molecule has 1 aromatic heterocycles. The number of aromatic nitrogens is 1. The van der Waals surface area contributed by atoms with Gasteiger partial charge in [0.05, 0.1) is 5.69 Å². The predicted octanol–water partition coefficient (Wildman–Crippen LogP) is 3.42. The fourth-order valence-corrected chi connectivity index (χ4v) is 3.35. The molecule has 0 saturated carbocycles. The molecule has 1 aliphatic heterocycles. The molecule has 0 bridgehead atoms. The summed E-state index contributed by atoms with van der Waals surface area (Å²) in [5.41, 5.74) is 1.15. The molecule has 1 saturated heterocycles. The molecule has 0 atom stereocenters. The zero-order valence-corrected chi connectivity index (χ0v) is 12.7. The number of aromatic carboxylic acids is 1. The van der Waals surface area contributed by atoms with Crippen molar-refractivity contribution in [3.8, 4) is 0 Å². The zero-order valence-electron chi connectivity index (χ0n) is 11.9. The number of carboxylic acid groups (broad SMARTS) is 1. The second-order valence-corrected chi connectivity index (χ2v) is 6.96. The molecule has 0 aliphatic carbocycles. The average molecular weight is 282 g/mol. The molecule has 0 amide bonds. The Morgan fingerprint density at radius 2 is 2.05 bits per heavy atom. The Balaban J connectivity index is 2.17. The largest absolute Gasteiger partial charge is 0.477 e. The van der Waals surface area contributed by atoms with Crippen LogP contribution in [0.15, 0.2) is 0 Å². The standard InChI is InChI=1S/C14H22N2O2S/c1-4-5-10-11(12(17)18)19-13(15-10)16-8-6-14(2,3)7-9-16/h4-9H2,1-3H3,(H,17,18). The topological polar surface area (TPSA) is 53.4 Å². The number of nitrogens with zero attached hydrogens (tertiary/aromatic N) is 2. The highest BCUT2D eigenvalue weighted by Crippen LogP contribution is 2.35. The maximum absolute atomic E-state index is 11.2. The van der Waals surface area contributed by atoms with Gasteiger partial charge in [-0.05, 0) is 24.7 Å². The SMILES string of the molecule is CCCc1nc(N2CCC(C)(C)CC2)sc1C(=O)O. The minimum absolute atomic E-state index is 0.398. The normalized spacial score (nSPS) is 18.6. The third-order valence-electron chi connectivity index (χ3n) is 3.75. The molecular formula is C14H22N2O2S. The summed E-state index contributed by atoms with van der Waals surface area (Å²) >= 11 is 1.33. The third-order valence-corrected chi connectivity index (χ3v) is 4.90. The Kier molecular flexibility index (Phi) is 4.13. The lowest BCUT2D eigenvalue weighted by molar-refractivity contribution is 0.0700. The van der Waals surface area contributed by atoms with E-state index in [1.165, 1.54) is 11.3 Å². The van der Waals surface area contributed by atoms with Crippen LogP contribution in [0.5, 0.6) is 0 Å². The Morgan fingerprint density at radius 3 is 2.58 bits per heavy atom. The smallest absolute Gasteiger partial charge is 0.347 e. The lowest BCUT2D eigenvalue weighted by Gasteiger charge is -2.36. The van der Waals surface area contributed by atoms with Crippen LogP contribution >= 0.6 is 11.3 Å². The van der Waals surface area contributed by atoms with Gasteiger partial charge in [-0.25, -0.2) is 9.78 Å². The molecule has 19 heavy (non-hydrogen) atoms. The molecule has 2 rings (SSSR count). The first-order chi connectivity index (χ1) is 8.93. The molecule has 0 unspecified atom stereocenters. The van der Waals surface area contributed by atoms with Gasteiger partial charge in [0.2, 0.25) is 0 Å².